The van der Waals surface area contributed by atoms with E-state index in [1.807, 2.05) is 0 Å². The number of carboxylic acids is 1. The number of halogens is 3. The molecule has 1 aliphatic heterocycles. The van der Waals surface area contributed by atoms with Crippen LogP contribution in [0.3, 0.4) is 0 Å². The molecule has 0 saturated carbocycles. The molecule has 1 saturated heterocycles. The summed E-state index contributed by atoms with van der Waals surface area (Å²) >= 11 is 1.01. The number of carboxylic acid groups (broad SMARTS) is 1. The molecular formula is C6H7F3O2S. The third-order valence-corrected chi connectivity index (χ3v) is 2.96. The van der Waals surface area contributed by atoms with Crippen LogP contribution in [0.1, 0.15) is 6.42 Å². The molecule has 1 aliphatic rings. The van der Waals surface area contributed by atoms with Crippen LogP contribution in [0.4, 0.5) is 13.2 Å². The molecule has 6 heteroatoms. The minimum absolute atomic E-state index is 0.249. The summed E-state index contributed by atoms with van der Waals surface area (Å²) in [5.74, 6) is -6.82. The Labute approximate surface area is 71.1 Å². The van der Waals surface area contributed by atoms with Gasteiger partial charge in [0.25, 0.3) is 0 Å². The molecule has 12 heavy (non-hydrogen) atoms. The normalized spacial score (nSPS) is 30.6. The zero-order valence-corrected chi connectivity index (χ0v) is 6.84. The van der Waals surface area contributed by atoms with Gasteiger partial charge in [0.15, 0.2) is 5.67 Å². The second-order valence-corrected chi connectivity index (χ2v) is 3.75. The van der Waals surface area contributed by atoms with Crippen LogP contribution in [0.15, 0.2) is 0 Å². The summed E-state index contributed by atoms with van der Waals surface area (Å²) in [4.78, 5) is 10.0. The van der Waals surface area contributed by atoms with Crippen molar-refractivity contribution in [2.45, 2.75) is 18.0 Å². The first-order valence-electron chi connectivity index (χ1n) is 3.28. The molecule has 0 aromatic heterocycles. The van der Waals surface area contributed by atoms with Crippen molar-refractivity contribution in [3.63, 3.8) is 0 Å². The van der Waals surface area contributed by atoms with Gasteiger partial charge >= 0.3 is 11.9 Å². The maximum Gasteiger partial charge on any atom is 0.378 e. The Morgan fingerprint density at radius 1 is 1.58 bits per heavy atom. The summed E-state index contributed by atoms with van der Waals surface area (Å²) in [5.41, 5.74) is -2.86. The molecule has 0 aromatic carbocycles. The van der Waals surface area contributed by atoms with Crippen molar-refractivity contribution in [1.82, 2.24) is 0 Å². The Kier molecular flexibility index (Phi) is 2.29. The fraction of sp³-hybridized carbons (Fsp3) is 0.833. The number of hydrogen-bond donors (Lipinski definition) is 1. The predicted molar refractivity (Wildman–Crippen MR) is 38.4 cm³/mol. The van der Waals surface area contributed by atoms with Crippen LogP contribution in [0.25, 0.3) is 0 Å². The fourth-order valence-electron chi connectivity index (χ4n) is 0.979. The largest absolute Gasteiger partial charge is 0.477 e. The average Bonchev–Trinajstić information content (AvgIpc) is 2.37. The van der Waals surface area contributed by atoms with Gasteiger partial charge in [-0.2, -0.15) is 20.5 Å². The number of rotatable bonds is 2. The summed E-state index contributed by atoms with van der Waals surface area (Å²) in [6.07, 6.45) is -0.392. The summed E-state index contributed by atoms with van der Waals surface area (Å²) in [6.45, 7) is 0. The second-order valence-electron chi connectivity index (χ2n) is 2.65. The summed E-state index contributed by atoms with van der Waals surface area (Å²) in [6, 6.07) is 0. The van der Waals surface area contributed by atoms with E-state index in [2.05, 4.69) is 0 Å². The third kappa shape index (κ3) is 1.28. The Morgan fingerprint density at radius 2 is 2.17 bits per heavy atom. The van der Waals surface area contributed by atoms with E-state index in [0.29, 0.717) is 0 Å². The molecule has 1 heterocycles. The van der Waals surface area contributed by atoms with Crippen LogP contribution in [0, 0.1) is 0 Å². The van der Waals surface area contributed by atoms with Crippen molar-refractivity contribution >= 4 is 17.7 Å². The molecule has 1 rings (SSSR count). The monoisotopic (exact) mass is 200 g/mol. The van der Waals surface area contributed by atoms with Gasteiger partial charge in [0.2, 0.25) is 0 Å². The van der Waals surface area contributed by atoms with Crippen LogP contribution >= 0.6 is 11.8 Å². The number of alkyl halides is 3. The summed E-state index contributed by atoms with van der Waals surface area (Å²) in [7, 11) is 0. The Morgan fingerprint density at radius 3 is 2.50 bits per heavy atom. The first kappa shape index (κ1) is 9.70. The zero-order valence-electron chi connectivity index (χ0n) is 6.02. The van der Waals surface area contributed by atoms with Gasteiger partial charge in [-0.1, -0.05) is 0 Å². The molecule has 1 atom stereocenters. The van der Waals surface area contributed by atoms with Crippen LogP contribution < -0.4 is 0 Å². The smallest absolute Gasteiger partial charge is 0.378 e. The second kappa shape index (κ2) is 2.83. The molecule has 1 unspecified atom stereocenters. The van der Waals surface area contributed by atoms with E-state index in [4.69, 9.17) is 5.11 Å². The Bertz CT molecular complexity index is 201. The van der Waals surface area contributed by atoms with Crippen molar-refractivity contribution in [3.05, 3.63) is 0 Å². The van der Waals surface area contributed by atoms with Crippen molar-refractivity contribution < 1.29 is 23.1 Å². The van der Waals surface area contributed by atoms with E-state index in [-0.39, 0.29) is 5.75 Å². The van der Waals surface area contributed by atoms with Gasteiger partial charge in [0.1, 0.15) is 0 Å². The van der Waals surface area contributed by atoms with Crippen LogP contribution in [-0.4, -0.2) is 34.2 Å². The average molecular weight is 200 g/mol. The van der Waals surface area contributed by atoms with Crippen molar-refractivity contribution in [2.75, 3.05) is 11.5 Å². The molecule has 2 nitrogen and oxygen atoms in total. The number of hydrogen-bond acceptors (Lipinski definition) is 2. The van der Waals surface area contributed by atoms with E-state index in [0.717, 1.165) is 11.8 Å². The van der Waals surface area contributed by atoms with Gasteiger partial charge < -0.3 is 5.11 Å². The minimum Gasteiger partial charge on any atom is -0.477 e. The van der Waals surface area contributed by atoms with Crippen molar-refractivity contribution in [2.24, 2.45) is 0 Å². The SMILES string of the molecule is O=C(O)C(F)(F)C1(F)CCSC1. The van der Waals surface area contributed by atoms with Gasteiger partial charge in [0, 0.05) is 5.75 Å². The zero-order chi connectivity index (χ0) is 9.41. The van der Waals surface area contributed by atoms with E-state index >= 15 is 0 Å². The van der Waals surface area contributed by atoms with Gasteiger partial charge in [-0.15, -0.1) is 0 Å². The maximum absolute atomic E-state index is 13.2. The molecule has 1 N–H and O–H groups in total. The van der Waals surface area contributed by atoms with E-state index in [9.17, 15) is 18.0 Å². The van der Waals surface area contributed by atoms with Crippen LogP contribution in [0.5, 0.6) is 0 Å². The van der Waals surface area contributed by atoms with Crippen molar-refractivity contribution in [1.29, 1.82) is 0 Å². The molecular weight excluding hydrogens is 193 g/mol. The minimum atomic E-state index is -4.25. The summed E-state index contributed by atoms with van der Waals surface area (Å²) in [5, 5.41) is 8.07. The highest BCUT2D eigenvalue weighted by atomic mass is 32.2. The van der Waals surface area contributed by atoms with E-state index in [1.165, 1.54) is 0 Å². The number of aliphatic carboxylic acids is 1. The highest BCUT2D eigenvalue weighted by Gasteiger charge is 2.61. The van der Waals surface area contributed by atoms with Gasteiger partial charge in [-0.3, -0.25) is 0 Å². The quantitative estimate of drug-likeness (QED) is 0.734. The van der Waals surface area contributed by atoms with Crippen LogP contribution in [0.2, 0.25) is 0 Å². The van der Waals surface area contributed by atoms with Gasteiger partial charge in [0.05, 0.1) is 0 Å². The predicted octanol–water partition coefficient (Wildman–Crippen LogP) is 1.55. The first-order chi connectivity index (χ1) is 5.40. The molecule has 70 valence electrons. The highest BCUT2D eigenvalue weighted by Crippen LogP contribution is 2.43. The third-order valence-electron chi connectivity index (χ3n) is 1.80. The summed E-state index contributed by atoms with van der Waals surface area (Å²) < 4.78 is 38.5. The molecule has 0 radical (unpaired) electrons. The molecule has 0 spiro atoms. The molecule has 0 aliphatic carbocycles. The van der Waals surface area contributed by atoms with Crippen molar-refractivity contribution in [3.8, 4) is 0 Å². The Hall–Kier alpha value is -0.390. The van der Waals surface area contributed by atoms with E-state index in [1.54, 1.807) is 0 Å². The molecule has 0 bridgehead atoms. The first-order valence-corrected chi connectivity index (χ1v) is 4.43. The number of carbonyl (C=O) groups is 1. The van der Waals surface area contributed by atoms with Gasteiger partial charge in [-0.25, -0.2) is 9.18 Å². The number of thioether (sulfide) groups is 1. The lowest BCUT2D eigenvalue weighted by atomic mass is 9.97. The molecule has 0 aromatic rings. The van der Waals surface area contributed by atoms with E-state index < -0.39 is 29.7 Å². The van der Waals surface area contributed by atoms with Gasteiger partial charge in [-0.05, 0) is 12.2 Å². The lowest BCUT2D eigenvalue weighted by Crippen LogP contribution is -2.50. The van der Waals surface area contributed by atoms with Crippen LogP contribution in [-0.2, 0) is 4.79 Å². The molecule has 1 fully saturated rings. The molecule has 0 amide bonds. The lowest BCUT2D eigenvalue weighted by Gasteiger charge is -2.24. The Balaban J connectivity index is 2.85. The standard InChI is InChI=1S/C6H7F3O2S/c7-5(1-2-12-3-5)6(8,9)4(10)11/h1-3H2,(H,10,11). The fourth-order valence-corrected chi connectivity index (χ4v) is 2.24. The lowest BCUT2D eigenvalue weighted by molar-refractivity contribution is -0.187. The topological polar surface area (TPSA) is 37.3 Å². The maximum atomic E-state index is 13.2. The highest BCUT2D eigenvalue weighted by molar-refractivity contribution is 7.99.